The van der Waals surface area contributed by atoms with E-state index in [1.165, 1.54) is 9.47 Å². The van der Waals surface area contributed by atoms with Crippen molar-refractivity contribution in [1.29, 1.82) is 0 Å². The highest BCUT2D eigenvalue weighted by atomic mass is 35.5. The number of pyridine rings is 1. The minimum Gasteiger partial charge on any atom is -0.383 e. The number of hydrogen-bond donors (Lipinski definition) is 2. The van der Waals surface area contributed by atoms with Crippen LogP contribution in [-0.2, 0) is 17.8 Å². The van der Waals surface area contributed by atoms with Crippen LogP contribution in [0.1, 0.15) is 23.7 Å². The number of benzene rings is 1. The minimum atomic E-state index is -0.749. The average Bonchev–Trinajstić information content (AvgIpc) is 2.71. The van der Waals surface area contributed by atoms with Gasteiger partial charge in [0.25, 0.3) is 5.56 Å². The number of aromatic nitrogens is 3. The number of aromatic amines is 1. The van der Waals surface area contributed by atoms with E-state index in [9.17, 15) is 14.4 Å². The highest BCUT2D eigenvalue weighted by Crippen LogP contribution is 2.26. The van der Waals surface area contributed by atoms with Crippen LogP contribution in [0.2, 0.25) is 10.2 Å². The predicted molar refractivity (Wildman–Crippen MR) is 122 cm³/mol. The van der Waals surface area contributed by atoms with E-state index >= 15 is 0 Å². The van der Waals surface area contributed by atoms with E-state index in [4.69, 9.17) is 28.9 Å². The van der Waals surface area contributed by atoms with E-state index in [1.54, 1.807) is 19.9 Å². The third-order valence-electron chi connectivity index (χ3n) is 4.76. The van der Waals surface area contributed by atoms with E-state index in [1.807, 2.05) is 30.3 Å². The van der Waals surface area contributed by atoms with Crippen LogP contribution < -0.4 is 21.9 Å². The van der Waals surface area contributed by atoms with Crippen molar-refractivity contribution in [2.45, 2.75) is 26.8 Å². The molecule has 2 heterocycles. The van der Waals surface area contributed by atoms with Gasteiger partial charge >= 0.3 is 5.69 Å². The monoisotopic (exact) mass is 461 g/mol. The fourth-order valence-corrected chi connectivity index (χ4v) is 3.91. The third-order valence-corrected chi connectivity index (χ3v) is 5.41. The van der Waals surface area contributed by atoms with Crippen molar-refractivity contribution in [3.63, 3.8) is 0 Å². The quantitative estimate of drug-likeness (QED) is 0.547. The Morgan fingerprint density at radius 1 is 1.23 bits per heavy atom. The van der Waals surface area contributed by atoms with Gasteiger partial charge in [0.15, 0.2) is 5.69 Å². The topological polar surface area (TPSA) is 114 Å². The van der Waals surface area contributed by atoms with Crippen molar-refractivity contribution in [2.24, 2.45) is 0 Å². The van der Waals surface area contributed by atoms with E-state index in [0.717, 1.165) is 5.56 Å². The number of nitrogens with one attached hydrogen (secondary N) is 1. The molecule has 1 amide bonds. The summed E-state index contributed by atoms with van der Waals surface area (Å²) in [5, 5.41) is 0.420. The maximum Gasteiger partial charge on any atom is 0.330 e. The van der Waals surface area contributed by atoms with Gasteiger partial charge in [-0.2, -0.15) is 0 Å². The summed E-state index contributed by atoms with van der Waals surface area (Å²) >= 11 is 12.4. The van der Waals surface area contributed by atoms with Crippen molar-refractivity contribution in [1.82, 2.24) is 14.5 Å². The summed E-state index contributed by atoms with van der Waals surface area (Å²) < 4.78 is 1.22. The third kappa shape index (κ3) is 4.81. The van der Waals surface area contributed by atoms with Gasteiger partial charge in [-0.05, 0) is 25.5 Å². The Morgan fingerprint density at radius 2 is 1.90 bits per heavy atom. The molecule has 0 aliphatic heterocycles. The van der Waals surface area contributed by atoms with Crippen LogP contribution in [0.5, 0.6) is 0 Å². The average molecular weight is 462 g/mol. The molecule has 3 N–H and O–H groups in total. The predicted octanol–water partition coefficient (Wildman–Crippen LogP) is 2.77. The number of likely N-dealkylation sites (N-methyl/N-ethyl adjacent to an activating group) is 1. The first-order valence-electron chi connectivity index (χ1n) is 9.51. The molecule has 0 saturated carbocycles. The van der Waals surface area contributed by atoms with Crippen LogP contribution in [-0.4, -0.2) is 27.0 Å². The molecule has 8 nitrogen and oxygen atoms in total. The Kier molecular flexibility index (Phi) is 6.82. The lowest BCUT2D eigenvalue weighted by molar-refractivity contribution is -0.117. The summed E-state index contributed by atoms with van der Waals surface area (Å²) in [5.74, 6) is -0.564. The lowest BCUT2D eigenvalue weighted by Gasteiger charge is -2.23. The van der Waals surface area contributed by atoms with Gasteiger partial charge in [-0.1, -0.05) is 53.5 Å². The Morgan fingerprint density at radius 3 is 2.52 bits per heavy atom. The van der Waals surface area contributed by atoms with Crippen molar-refractivity contribution in [3.05, 3.63) is 84.2 Å². The first kappa shape index (κ1) is 22.6. The van der Waals surface area contributed by atoms with E-state index in [0.29, 0.717) is 16.3 Å². The standard InChI is InChI=1S/C21H21Cl2N5O3/c1-3-27(16(29)10-14-15(22)9-12(2)25-18(14)23)17-19(24)28(21(31)26-20(17)30)11-13-7-5-4-6-8-13/h4-9H,3,10-11,24H2,1-2H3,(H,26,30,31). The Bertz CT molecular complexity index is 1210. The number of nitrogens with two attached hydrogens (primary N) is 1. The van der Waals surface area contributed by atoms with Crippen LogP contribution in [0.3, 0.4) is 0 Å². The number of halogens is 2. The summed E-state index contributed by atoms with van der Waals surface area (Å²) in [6.07, 6.45) is -0.185. The molecule has 1 aromatic carbocycles. The van der Waals surface area contributed by atoms with Gasteiger partial charge < -0.3 is 10.6 Å². The number of aryl methyl sites for hydroxylation is 1. The maximum absolute atomic E-state index is 13.1. The molecule has 0 unspecified atom stereocenters. The van der Waals surface area contributed by atoms with Crippen molar-refractivity contribution in [3.8, 4) is 0 Å². The molecule has 0 aliphatic carbocycles. The zero-order valence-corrected chi connectivity index (χ0v) is 18.5. The number of nitrogens with zero attached hydrogens (tertiary/aromatic N) is 3. The summed E-state index contributed by atoms with van der Waals surface area (Å²) in [7, 11) is 0. The number of nitrogen functional groups attached to an aromatic ring is 1. The van der Waals surface area contributed by atoms with Gasteiger partial charge in [-0.3, -0.25) is 19.1 Å². The molecule has 0 bridgehead atoms. The molecule has 31 heavy (non-hydrogen) atoms. The van der Waals surface area contributed by atoms with Crippen LogP contribution >= 0.6 is 23.2 Å². The first-order valence-corrected chi connectivity index (χ1v) is 10.3. The number of anilines is 2. The largest absolute Gasteiger partial charge is 0.383 e. The van der Waals surface area contributed by atoms with Crippen molar-refractivity contribution >= 4 is 40.6 Å². The zero-order chi connectivity index (χ0) is 22.7. The second kappa shape index (κ2) is 9.36. The molecule has 162 valence electrons. The SMILES string of the molecule is CCN(C(=O)Cc1c(Cl)cc(C)nc1Cl)c1c(N)n(Cc2ccccc2)c(=O)[nH]c1=O. The highest BCUT2D eigenvalue weighted by molar-refractivity contribution is 6.35. The van der Waals surface area contributed by atoms with Gasteiger partial charge in [0.2, 0.25) is 5.91 Å². The minimum absolute atomic E-state index is 0.102. The summed E-state index contributed by atoms with van der Waals surface area (Å²) in [5.41, 5.74) is 6.48. The molecule has 0 aliphatic rings. The molecule has 0 spiro atoms. The normalized spacial score (nSPS) is 10.8. The first-order chi connectivity index (χ1) is 14.7. The summed E-state index contributed by atoms with van der Waals surface area (Å²) in [6, 6.07) is 10.8. The molecule has 2 aromatic heterocycles. The molecule has 3 aromatic rings. The van der Waals surface area contributed by atoms with Crippen LogP contribution in [0.15, 0.2) is 46.0 Å². The number of H-pyrrole nitrogens is 1. The molecule has 0 atom stereocenters. The molecular formula is C21H21Cl2N5O3. The van der Waals surface area contributed by atoms with Crippen LogP contribution in [0.4, 0.5) is 11.5 Å². The van der Waals surface area contributed by atoms with Crippen molar-refractivity contribution in [2.75, 3.05) is 17.2 Å². The number of rotatable bonds is 6. The van der Waals surface area contributed by atoms with Gasteiger partial charge in [0.1, 0.15) is 11.0 Å². The molecule has 0 saturated heterocycles. The second-order valence-corrected chi connectivity index (χ2v) is 7.66. The summed E-state index contributed by atoms with van der Waals surface area (Å²) in [6.45, 7) is 3.71. The number of amides is 1. The Balaban J connectivity index is 2.01. The van der Waals surface area contributed by atoms with Gasteiger partial charge in [0.05, 0.1) is 13.0 Å². The number of hydrogen-bond acceptors (Lipinski definition) is 5. The molecule has 0 fully saturated rings. The van der Waals surface area contributed by atoms with Crippen molar-refractivity contribution < 1.29 is 4.79 Å². The van der Waals surface area contributed by atoms with Crippen LogP contribution in [0.25, 0.3) is 0 Å². The van der Waals surface area contributed by atoms with E-state index < -0.39 is 17.2 Å². The van der Waals surface area contributed by atoms with Gasteiger partial charge in [-0.25, -0.2) is 9.78 Å². The van der Waals surface area contributed by atoms with Gasteiger partial charge in [-0.15, -0.1) is 0 Å². The number of carbonyl (C=O) groups is 1. The van der Waals surface area contributed by atoms with Crippen LogP contribution in [0, 0.1) is 6.92 Å². The molecular weight excluding hydrogens is 441 g/mol. The number of carbonyl (C=O) groups excluding carboxylic acids is 1. The molecule has 3 rings (SSSR count). The summed E-state index contributed by atoms with van der Waals surface area (Å²) in [4.78, 5) is 45.6. The lowest BCUT2D eigenvalue weighted by atomic mass is 10.1. The lowest BCUT2D eigenvalue weighted by Crippen LogP contribution is -2.41. The fourth-order valence-electron chi connectivity index (χ4n) is 3.25. The zero-order valence-electron chi connectivity index (χ0n) is 17.0. The Hall–Kier alpha value is -3.10. The maximum atomic E-state index is 13.1. The van der Waals surface area contributed by atoms with Gasteiger partial charge in [0, 0.05) is 22.8 Å². The second-order valence-electron chi connectivity index (χ2n) is 6.89. The smallest absolute Gasteiger partial charge is 0.330 e. The fraction of sp³-hybridized carbons (Fsp3) is 0.238. The molecule has 0 radical (unpaired) electrons. The van der Waals surface area contributed by atoms with E-state index in [-0.39, 0.29) is 36.2 Å². The Labute approximate surface area is 188 Å². The van der Waals surface area contributed by atoms with E-state index in [2.05, 4.69) is 9.97 Å². The highest BCUT2D eigenvalue weighted by Gasteiger charge is 2.25. The molecule has 10 heteroatoms.